The molecule has 27 heavy (non-hydrogen) atoms. The maximum atomic E-state index is 13.0. The Balaban J connectivity index is 1.63. The highest BCUT2D eigenvalue weighted by Gasteiger charge is 2.41. The van der Waals surface area contributed by atoms with Gasteiger partial charge >= 0.3 is 0 Å². The van der Waals surface area contributed by atoms with Crippen LogP contribution in [0.4, 0.5) is 5.69 Å². The summed E-state index contributed by atoms with van der Waals surface area (Å²) in [4.78, 5) is 41.2. The van der Waals surface area contributed by atoms with E-state index in [1.54, 1.807) is 9.80 Å². The van der Waals surface area contributed by atoms with Crippen molar-refractivity contribution < 1.29 is 14.4 Å². The minimum atomic E-state index is -0.623. The molecule has 0 aromatic heterocycles. The number of carbonyl (C=O) groups excluding carboxylic acids is 3. The Hall–Kier alpha value is -1.89. The number of anilines is 1. The summed E-state index contributed by atoms with van der Waals surface area (Å²) in [6.45, 7) is 3.66. The van der Waals surface area contributed by atoms with Crippen molar-refractivity contribution in [3.05, 3.63) is 28.7 Å². The molecule has 2 aliphatic heterocycles. The van der Waals surface area contributed by atoms with Crippen LogP contribution in [0.5, 0.6) is 0 Å². The molecule has 2 fully saturated rings. The molecule has 2 atom stereocenters. The maximum Gasteiger partial charge on any atom is 0.239 e. The van der Waals surface area contributed by atoms with Crippen LogP contribution in [-0.4, -0.2) is 48.3 Å². The molecule has 2 aliphatic rings. The van der Waals surface area contributed by atoms with Crippen LogP contribution < -0.4 is 10.2 Å². The summed E-state index contributed by atoms with van der Waals surface area (Å²) < 4.78 is 0.850. The number of benzene rings is 1. The van der Waals surface area contributed by atoms with E-state index in [0.29, 0.717) is 32.5 Å². The molecule has 1 aromatic rings. The lowest BCUT2D eigenvalue weighted by molar-refractivity contribution is -0.141. The van der Waals surface area contributed by atoms with Gasteiger partial charge in [-0.3, -0.25) is 14.4 Å². The largest absolute Gasteiger partial charge is 0.352 e. The molecular weight excluding hydrogens is 410 g/mol. The first-order chi connectivity index (χ1) is 13.0. The summed E-state index contributed by atoms with van der Waals surface area (Å²) >= 11 is 3.48. The summed E-state index contributed by atoms with van der Waals surface area (Å²) in [6.07, 6.45) is 3.57. The highest BCUT2D eigenvalue weighted by molar-refractivity contribution is 9.10. The van der Waals surface area contributed by atoms with Gasteiger partial charge in [0.05, 0.1) is 5.69 Å². The lowest BCUT2D eigenvalue weighted by Crippen LogP contribution is -2.51. The number of halogens is 1. The molecule has 1 N–H and O–H groups in total. The van der Waals surface area contributed by atoms with Crippen molar-refractivity contribution in [1.29, 1.82) is 0 Å². The van der Waals surface area contributed by atoms with E-state index in [9.17, 15) is 14.4 Å². The minimum Gasteiger partial charge on any atom is -0.352 e. The van der Waals surface area contributed by atoms with Crippen molar-refractivity contribution in [2.75, 3.05) is 24.5 Å². The van der Waals surface area contributed by atoms with E-state index in [-0.39, 0.29) is 23.8 Å². The maximum absolute atomic E-state index is 13.0. The van der Waals surface area contributed by atoms with Crippen LogP contribution in [0.25, 0.3) is 0 Å². The number of nitrogens with zero attached hydrogens (tertiary/aromatic N) is 2. The number of hydrogen-bond acceptors (Lipinski definition) is 3. The van der Waals surface area contributed by atoms with Gasteiger partial charge in [-0.2, -0.15) is 0 Å². The number of rotatable bonds is 5. The summed E-state index contributed by atoms with van der Waals surface area (Å²) in [6, 6.07) is 7.55. The number of amides is 3. The highest BCUT2D eigenvalue weighted by Crippen LogP contribution is 2.32. The number of piperidine rings is 1. The predicted molar refractivity (Wildman–Crippen MR) is 107 cm³/mol. The van der Waals surface area contributed by atoms with Gasteiger partial charge in [-0.25, -0.2) is 0 Å². The SMILES string of the molecule is CCCC(=O)N[C@H]1CCCN(C(=O)[C@@H]2CCN(c3ccccc3Br)C2=O)C1. The van der Waals surface area contributed by atoms with Gasteiger partial charge < -0.3 is 15.1 Å². The smallest absolute Gasteiger partial charge is 0.239 e. The number of carbonyl (C=O) groups is 3. The van der Waals surface area contributed by atoms with Crippen LogP contribution in [0.1, 0.15) is 39.0 Å². The van der Waals surface area contributed by atoms with Crippen LogP contribution in [0.3, 0.4) is 0 Å². The van der Waals surface area contributed by atoms with Gasteiger partial charge in [0.25, 0.3) is 0 Å². The first-order valence-electron chi connectivity index (χ1n) is 9.65. The third-order valence-corrected chi connectivity index (χ3v) is 5.89. The fraction of sp³-hybridized carbons (Fsp3) is 0.550. The number of nitrogens with one attached hydrogen (secondary N) is 1. The predicted octanol–water partition coefficient (Wildman–Crippen LogP) is 2.71. The van der Waals surface area contributed by atoms with Crippen LogP contribution >= 0.6 is 15.9 Å². The third kappa shape index (κ3) is 4.51. The topological polar surface area (TPSA) is 69.7 Å². The van der Waals surface area contributed by atoms with E-state index in [4.69, 9.17) is 0 Å². The zero-order valence-electron chi connectivity index (χ0n) is 15.6. The van der Waals surface area contributed by atoms with Gasteiger partial charge in [0.1, 0.15) is 5.92 Å². The Bertz CT molecular complexity index is 724. The van der Waals surface area contributed by atoms with Crippen molar-refractivity contribution in [2.24, 2.45) is 5.92 Å². The van der Waals surface area contributed by atoms with Gasteiger partial charge in [-0.1, -0.05) is 19.1 Å². The monoisotopic (exact) mass is 435 g/mol. The summed E-state index contributed by atoms with van der Waals surface area (Å²) in [5, 5.41) is 3.01. The van der Waals surface area contributed by atoms with Crippen molar-refractivity contribution in [2.45, 2.75) is 45.1 Å². The van der Waals surface area contributed by atoms with Gasteiger partial charge in [-0.05, 0) is 53.7 Å². The van der Waals surface area contributed by atoms with E-state index in [2.05, 4.69) is 21.2 Å². The minimum absolute atomic E-state index is 0.0161. The molecule has 1 aromatic carbocycles. The molecule has 0 unspecified atom stereocenters. The second-order valence-electron chi connectivity index (χ2n) is 7.22. The molecule has 2 saturated heterocycles. The van der Waals surface area contributed by atoms with E-state index >= 15 is 0 Å². The van der Waals surface area contributed by atoms with Crippen molar-refractivity contribution >= 4 is 39.3 Å². The van der Waals surface area contributed by atoms with Crippen LogP contribution in [0.15, 0.2) is 28.7 Å². The zero-order chi connectivity index (χ0) is 19.4. The van der Waals surface area contributed by atoms with E-state index in [0.717, 1.165) is 29.4 Å². The van der Waals surface area contributed by atoms with Gasteiger partial charge in [0, 0.05) is 36.6 Å². The Kier molecular flexibility index (Phi) is 6.52. The second kappa shape index (κ2) is 8.87. The average molecular weight is 436 g/mol. The van der Waals surface area contributed by atoms with Gasteiger partial charge in [0.2, 0.25) is 17.7 Å². The number of para-hydroxylation sites is 1. The molecule has 3 amide bonds. The second-order valence-corrected chi connectivity index (χ2v) is 8.08. The van der Waals surface area contributed by atoms with E-state index in [1.165, 1.54) is 0 Å². The van der Waals surface area contributed by atoms with Crippen LogP contribution in [0, 0.1) is 5.92 Å². The lowest BCUT2D eigenvalue weighted by atomic mass is 10.0. The average Bonchev–Trinajstić information content (AvgIpc) is 3.03. The summed E-state index contributed by atoms with van der Waals surface area (Å²) in [7, 11) is 0. The lowest BCUT2D eigenvalue weighted by Gasteiger charge is -2.34. The fourth-order valence-corrected chi connectivity index (χ4v) is 4.36. The molecule has 0 spiro atoms. The molecule has 0 bridgehead atoms. The Morgan fingerprint density at radius 1 is 1.22 bits per heavy atom. The van der Waals surface area contributed by atoms with Crippen LogP contribution in [-0.2, 0) is 14.4 Å². The summed E-state index contributed by atoms with van der Waals surface area (Å²) in [5.74, 6) is -0.830. The number of hydrogen-bond donors (Lipinski definition) is 1. The molecule has 0 saturated carbocycles. The first kappa shape index (κ1) is 19.9. The fourth-order valence-electron chi connectivity index (χ4n) is 3.86. The Morgan fingerprint density at radius 3 is 2.74 bits per heavy atom. The zero-order valence-corrected chi connectivity index (χ0v) is 17.2. The van der Waals surface area contributed by atoms with Crippen molar-refractivity contribution in [3.8, 4) is 0 Å². The van der Waals surface area contributed by atoms with E-state index in [1.807, 2.05) is 31.2 Å². The van der Waals surface area contributed by atoms with Gasteiger partial charge in [0.15, 0.2) is 0 Å². The van der Waals surface area contributed by atoms with Crippen molar-refractivity contribution in [3.63, 3.8) is 0 Å². The quantitative estimate of drug-likeness (QED) is 0.722. The van der Waals surface area contributed by atoms with Crippen molar-refractivity contribution in [1.82, 2.24) is 10.2 Å². The normalized spacial score (nSPS) is 22.8. The molecule has 0 aliphatic carbocycles. The third-order valence-electron chi connectivity index (χ3n) is 5.22. The Labute approximate surface area is 168 Å². The molecule has 7 heteroatoms. The molecule has 0 radical (unpaired) electrons. The van der Waals surface area contributed by atoms with E-state index < -0.39 is 5.92 Å². The molecule has 2 heterocycles. The molecular formula is C20H26BrN3O3. The molecule has 146 valence electrons. The van der Waals surface area contributed by atoms with Crippen LogP contribution in [0.2, 0.25) is 0 Å². The standard InChI is InChI=1S/C20H26BrN3O3/c1-2-6-18(25)22-14-7-5-11-23(13-14)19(26)15-10-12-24(20(15)27)17-9-4-3-8-16(17)21/h3-4,8-9,14-15H,2,5-7,10-13H2,1H3,(H,22,25)/t14-,15-/m0/s1. The first-order valence-corrected chi connectivity index (χ1v) is 10.4. The Morgan fingerprint density at radius 2 is 2.00 bits per heavy atom. The van der Waals surface area contributed by atoms with Gasteiger partial charge in [-0.15, -0.1) is 0 Å². The molecule has 6 nitrogen and oxygen atoms in total. The summed E-state index contributed by atoms with van der Waals surface area (Å²) in [5.41, 5.74) is 0.807. The number of likely N-dealkylation sites (tertiary alicyclic amines) is 1. The highest BCUT2D eigenvalue weighted by atomic mass is 79.9. The molecule has 3 rings (SSSR count).